The molecule has 2 heterocycles. The van der Waals surface area contributed by atoms with Crippen LogP contribution >= 0.6 is 0 Å². The second-order valence-corrected chi connectivity index (χ2v) is 4.53. The van der Waals surface area contributed by atoms with Crippen LogP contribution in [-0.4, -0.2) is 27.6 Å². The molecule has 3 N–H and O–H groups in total. The van der Waals surface area contributed by atoms with E-state index in [1.54, 1.807) is 0 Å². The monoisotopic (exact) mass is 257 g/mol. The third-order valence-corrected chi connectivity index (χ3v) is 3.21. The summed E-state index contributed by atoms with van der Waals surface area (Å²) in [7, 11) is 0. The lowest BCUT2D eigenvalue weighted by Crippen LogP contribution is -2.26. The first-order chi connectivity index (χ1) is 9.33. The fourth-order valence-electron chi connectivity index (χ4n) is 2.18. The Morgan fingerprint density at radius 1 is 1.32 bits per heavy atom. The topological polar surface area (TPSA) is 82.7 Å². The van der Waals surface area contributed by atoms with Crippen molar-refractivity contribution in [3.8, 4) is 0 Å². The van der Waals surface area contributed by atoms with Crippen molar-refractivity contribution < 1.29 is 4.79 Å². The molecule has 0 radical (unpaired) electrons. The summed E-state index contributed by atoms with van der Waals surface area (Å²) in [4.78, 5) is 16.0. The molecule has 0 bridgehead atoms. The molecule has 0 unspecified atom stereocenters. The van der Waals surface area contributed by atoms with Crippen molar-refractivity contribution in [1.29, 1.82) is 0 Å². The zero-order valence-electron chi connectivity index (χ0n) is 10.4. The molecule has 0 saturated carbocycles. The van der Waals surface area contributed by atoms with E-state index >= 15 is 0 Å². The van der Waals surface area contributed by atoms with Crippen LogP contribution in [0, 0.1) is 0 Å². The quantitative estimate of drug-likeness (QED) is 0.739. The summed E-state index contributed by atoms with van der Waals surface area (Å²) in [5.41, 5.74) is 3.20. The molecule has 1 amide bonds. The SMILES string of the molecule is O=C(NCCc1ncn[nH]1)c1ccc2c(c1)CNC2. The van der Waals surface area contributed by atoms with Gasteiger partial charge in [0.15, 0.2) is 0 Å². The molecule has 0 atom stereocenters. The molecule has 1 aromatic carbocycles. The van der Waals surface area contributed by atoms with Crippen LogP contribution in [0.3, 0.4) is 0 Å². The van der Waals surface area contributed by atoms with E-state index in [2.05, 4.69) is 25.8 Å². The maximum Gasteiger partial charge on any atom is 0.251 e. The molecule has 98 valence electrons. The van der Waals surface area contributed by atoms with E-state index in [0.29, 0.717) is 18.5 Å². The number of hydrogen-bond acceptors (Lipinski definition) is 4. The predicted octanol–water partition coefficient (Wildman–Crippen LogP) is 0.380. The highest BCUT2D eigenvalue weighted by Crippen LogP contribution is 2.16. The third-order valence-electron chi connectivity index (χ3n) is 3.21. The summed E-state index contributed by atoms with van der Waals surface area (Å²) in [6, 6.07) is 5.84. The molecule has 19 heavy (non-hydrogen) atoms. The molecule has 1 aromatic heterocycles. The molecule has 6 heteroatoms. The van der Waals surface area contributed by atoms with Crippen LogP contribution in [0.2, 0.25) is 0 Å². The second kappa shape index (κ2) is 5.19. The van der Waals surface area contributed by atoms with Crippen LogP contribution in [0.4, 0.5) is 0 Å². The summed E-state index contributed by atoms with van der Waals surface area (Å²) in [6.07, 6.45) is 2.11. The largest absolute Gasteiger partial charge is 0.352 e. The Kier molecular flexibility index (Phi) is 3.24. The van der Waals surface area contributed by atoms with Gasteiger partial charge in [0.25, 0.3) is 5.91 Å². The van der Waals surface area contributed by atoms with E-state index in [4.69, 9.17) is 0 Å². The number of carbonyl (C=O) groups is 1. The first kappa shape index (κ1) is 11.9. The number of nitrogens with zero attached hydrogens (tertiary/aromatic N) is 2. The molecule has 1 aliphatic heterocycles. The summed E-state index contributed by atoms with van der Waals surface area (Å²) < 4.78 is 0. The number of amides is 1. The number of nitrogens with one attached hydrogen (secondary N) is 3. The average molecular weight is 257 g/mol. The van der Waals surface area contributed by atoms with Crippen LogP contribution in [-0.2, 0) is 19.5 Å². The van der Waals surface area contributed by atoms with E-state index in [1.807, 2.05) is 18.2 Å². The summed E-state index contributed by atoms with van der Waals surface area (Å²) >= 11 is 0. The Balaban J connectivity index is 1.58. The van der Waals surface area contributed by atoms with Gasteiger partial charge in [-0.05, 0) is 23.3 Å². The van der Waals surface area contributed by atoms with Gasteiger partial charge in [-0.1, -0.05) is 6.07 Å². The Hall–Kier alpha value is -2.21. The molecule has 1 aliphatic rings. The maximum absolute atomic E-state index is 12.0. The summed E-state index contributed by atoms with van der Waals surface area (Å²) in [5.74, 6) is 0.729. The van der Waals surface area contributed by atoms with Crippen LogP contribution < -0.4 is 10.6 Å². The van der Waals surface area contributed by atoms with Gasteiger partial charge >= 0.3 is 0 Å². The number of rotatable bonds is 4. The van der Waals surface area contributed by atoms with Gasteiger partial charge in [0.2, 0.25) is 0 Å². The van der Waals surface area contributed by atoms with Crippen molar-refractivity contribution in [1.82, 2.24) is 25.8 Å². The standard InChI is InChI=1S/C13H15N5O/c19-13(15-4-3-12-16-8-17-18-12)9-1-2-10-6-14-7-11(10)5-9/h1-2,5,8,14H,3-4,6-7H2,(H,15,19)(H,16,17,18). The fourth-order valence-corrected chi connectivity index (χ4v) is 2.18. The summed E-state index contributed by atoms with van der Waals surface area (Å²) in [6.45, 7) is 2.28. The molecular formula is C13H15N5O. The smallest absolute Gasteiger partial charge is 0.251 e. The molecular weight excluding hydrogens is 242 g/mol. The number of aromatic amines is 1. The van der Waals surface area contributed by atoms with E-state index < -0.39 is 0 Å². The van der Waals surface area contributed by atoms with Gasteiger partial charge in [-0.15, -0.1) is 0 Å². The van der Waals surface area contributed by atoms with Gasteiger partial charge in [0, 0.05) is 31.6 Å². The number of benzene rings is 1. The van der Waals surface area contributed by atoms with Gasteiger partial charge < -0.3 is 10.6 Å². The normalized spacial score (nSPS) is 13.3. The lowest BCUT2D eigenvalue weighted by molar-refractivity contribution is 0.0954. The van der Waals surface area contributed by atoms with Crippen molar-refractivity contribution in [2.24, 2.45) is 0 Å². The van der Waals surface area contributed by atoms with Crippen molar-refractivity contribution in [2.75, 3.05) is 6.54 Å². The molecule has 2 aromatic rings. The third kappa shape index (κ3) is 2.63. The number of fused-ring (bicyclic) bond motifs is 1. The minimum atomic E-state index is -0.0470. The van der Waals surface area contributed by atoms with Crippen LogP contribution in [0.25, 0.3) is 0 Å². The van der Waals surface area contributed by atoms with E-state index in [9.17, 15) is 4.79 Å². The van der Waals surface area contributed by atoms with Crippen LogP contribution in [0.15, 0.2) is 24.5 Å². The second-order valence-electron chi connectivity index (χ2n) is 4.53. The molecule has 6 nitrogen and oxygen atoms in total. The number of aromatic nitrogens is 3. The lowest BCUT2D eigenvalue weighted by atomic mass is 10.1. The molecule has 0 fully saturated rings. The van der Waals surface area contributed by atoms with E-state index in [-0.39, 0.29) is 5.91 Å². The lowest BCUT2D eigenvalue weighted by Gasteiger charge is -2.05. The first-order valence-electron chi connectivity index (χ1n) is 6.28. The summed E-state index contributed by atoms with van der Waals surface area (Å²) in [5, 5.41) is 12.7. The highest BCUT2D eigenvalue weighted by Gasteiger charge is 2.13. The minimum Gasteiger partial charge on any atom is -0.352 e. The van der Waals surface area contributed by atoms with E-state index in [0.717, 1.165) is 18.9 Å². The Morgan fingerprint density at radius 3 is 3.05 bits per heavy atom. The molecule has 0 spiro atoms. The highest BCUT2D eigenvalue weighted by molar-refractivity contribution is 5.94. The molecule has 0 aliphatic carbocycles. The average Bonchev–Trinajstić information content (AvgIpc) is 3.08. The van der Waals surface area contributed by atoms with Crippen molar-refractivity contribution in [3.05, 3.63) is 47.0 Å². The Bertz CT molecular complexity index is 579. The van der Waals surface area contributed by atoms with E-state index in [1.165, 1.54) is 17.5 Å². The minimum absolute atomic E-state index is 0.0470. The zero-order chi connectivity index (χ0) is 13.1. The predicted molar refractivity (Wildman–Crippen MR) is 69.4 cm³/mol. The van der Waals surface area contributed by atoms with Crippen molar-refractivity contribution in [3.63, 3.8) is 0 Å². The van der Waals surface area contributed by atoms with Crippen molar-refractivity contribution >= 4 is 5.91 Å². The number of hydrogen-bond donors (Lipinski definition) is 3. The van der Waals surface area contributed by atoms with Gasteiger partial charge in [-0.2, -0.15) is 5.10 Å². The maximum atomic E-state index is 12.0. The van der Waals surface area contributed by atoms with Gasteiger partial charge in [0.1, 0.15) is 12.2 Å². The van der Waals surface area contributed by atoms with Crippen molar-refractivity contribution in [2.45, 2.75) is 19.5 Å². The molecule has 0 saturated heterocycles. The number of carbonyl (C=O) groups excluding carboxylic acids is 1. The van der Waals surface area contributed by atoms with Gasteiger partial charge in [0.05, 0.1) is 0 Å². The Morgan fingerprint density at radius 2 is 2.21 bits per heavy atom. The zero-order valence-corrected chi connectivity index (χ0v) is 10.4. The van der Waals surface area contributed by atoms with Crippen LogP contribution in [0.1, 0.15) is 27.3 Å². The molecule has 3 rings (SSSR count). The van der Waals surface area contributed by atoms with Crippen LogP contribution in [0.5, 0.6) is 0 Å². The highest BCUT2D eigenvalue weighted by atomic mass is 16.1. The number of H-pyrrole nitrogens is 1. The first-order valence-corrected chi connectivity index (χ1v) is 6.28. The van der Waals surface area contributed by atoms with Gasteiger partial charge in [-0.25, -0.2) is 4.98 Å². The fraction of sp³-hybridized carbons (Fsp3) is 0.308. The Labute approximate surface area is 110 Å². The van der Waals surface area contributed by atoms with Gasteiger partial charge in [-0.3, -0.25) is 9.89 Å².